The lowest BCUT2D eigenvalue weighted by atomic mass is 10.2. The van der Waals surface area contributed by atoms with Gasteiger partial charge in [-0.25, -0.2) is 9.97 Å². The van der Waals surface area contributed by atoms with Crippen molar-refractivity contribution in [2.24, 2.45) is 0 Å². The molecule has 0 spiro atoms. The van der Waals surface area contributed by atoms with Gasteiger partial charge in [0.2, 0.25) is 5.75 Å². The molecule has 0 aromatic carbocycles. The Kier molecular flexibility index (Phi) is 4.51. The van der Waals surface area contributed by atoms with Gasteiger partial charge in [-0.05, 0) is 19.1 Å². The maximum atomic E-state index is 12.4. The molecule has 0 atom stereocenters. The molecule has 21 heavy (non-hydrogen) atoms. The maximum absolute atomic E-state index is 12.4. The molecule has 0 aliphatic heterocycles. The predicted octanol–water partition coefficient (Wildman–Crippen LogP) is 2.56. The number of rotatable bonds is 3. The summed E-state index contributed by atoms with van der Waals surface area (Å²) in [5.74, 6) is 2.94. The number of pyridine rings is 1. The van der Waals surface area contributed by atoms with E-state index in [9.17, 15) is 4.79 Å². The third-order valence-electron chi connectivity index (χ3n) is 2.77. The van der Waals surface area contributed by atoms with Crippen LogP contribution in [0.15, 0.2) is 16.9 Å². The van der Waals surface area contributed by atoms with E-state index in [0.29, 0.717) is 17.1 Å². The second-order valence-corrected chi connectivity index (χ2v) is 4.93. The van der Waals surface area contributed by atoms with Crippen LogP contribution in [0.1, 0.15) is 5.69 Å². The Balaban J connectivity index is 2.79. The smallest absolute Gasteiger partial charge is 0.297 e. The van der Waals surface area contributed by atoms with Crippen LogP contribution < -0.4 is 10.3 Å². The Labute approximate surface area is 131 Å². The van der Waals surface area contributed by atoms with Crippen molar-refractivity contribution >= 4 is 23.2 Å². The molecular formula is C14H11Cl2N3O2. The summed E-state index contributed by atoms with van der Waals surface area (Å²) in [6.45, 7) is 1.73. The molecule has 0 saturated carbocycles. The van der Waals surface area contributed by atoms with E-state index in [1.54, 1.807) is 19.1 Å². The van der Waals surface area contributed by atoms with Crippen LogP contribution in [0.5, 0.6) is 5.75 Å². The molecule has 5 nitrogen and oxygen atoms in total. The Morgan fingerprint density at radius 2 is 1.95 bits per heavy atom. The van der Waals surface area contributed by atoms with E-state index in [2.05, 4.69) is 15.9 Å². The van der Waals surface area contributed by atoms with Crippen molar-refractivity contribution < 1.29 is 4.74 Å². The monoisotopic (exact) mass is 323 g/mol. The number of aromatic nitrogens is 3. The fourth-order valence-electron chi connectivity index (χ4n) is 1.93. The first-order valence-corrected chi connectivity index (χ1v) is 6.66. The molecule has 0 saturated heterocycles. The van der Waals surface area contributed by atoms with Crippen LogP contribution >= 0.6 is 23.2 Å². The fourth-order valence-corrected chi connectivity index (χ4v) is 2.39. The fraction of sp³-hybridized carbons (Fsp3) is 0.214. The molecule has 0 aliphatic carbocycles. The zero-order valence-electron chi connectivity index (χ0n) is 11.4. The van der Waals surface area contributed by atoms with Crippen molar-refractivity contribution in [1.29, 1.82) is 0 Å². The first-order chi connectivity index (χ1) is 9.97. The van der Waals surface area contributed by atoms with Crippen molar-refractivity contribution in [3.8, 4) is 29.5 Å². The van der Waals surface area contributed by atoms with Crippen LogP contribution in [0.4, 0.5) is 0 Å². The molecule has 0 fully saturated rings. The van der Waals surface area contributed by atoms with Crippen LogP contribution in [0.25, 0.3) is 11.4 Å². The van der Waals surface area contributed by atoms with E-state index in [1.807, 2.05) is 0 Å². The summed E-state index contributed by atoms with van der Waals surface area (Å²) in [4.78, 5) is 20.6. The Morgan fingerprint density at radius 1 is 1.33 bits per heavy atom. The zero-order chi connectivity index (χ0) is 15.6. The van der Waals surface area contributed by atoms with Crippen molar-refractivity contribution in [3.63, 3.8) is 0 Å². The highest BCUT2D eigenvalue weighted by atomic mass is 35.5. The third-order valence-corrected chi connectivity index (χ3v) is 3.16. The zero-order valence-corrected chi connectivity index (χ0v) is 12.9. The summed E-state index contributed by atoms with van der Waals surface area (Å²) in [6, 6.07) is 3.13. The highest BCUT2D eigenvalue weighted by Crippen LogP contribution is 2.24. The van der Waals surface area contributed by atoms with E-state index >= 15 is 0 Å². The quantitative estimate of drug-likeness (QED) is 0.643. The van der Waals surface area contributed by atoms with Crippen molar-refractivity contribution in [1.82, 2.24) is 14.5 Å². The third kappa shape index (κ3) is 3.02. The molecule has 2 rings (SSSR count). The molecule has 0 unspecified atom stereocenters. The van der Waals surface area contributed by atoms with Gasteiger partial charge in [-0.3, -0.25) is 9.36 Å². The number of hydrogen-bond donors (Lipinski definition) is 0. The van der Waals surface area contributed by atoms with Crippen molar-refractivity contribution in [2.45, 2.75) is 13.5 Å². The lowest BCUT2D eigenvalue weighted by molar-refractivity contribution is 0.397. The van der Waals surface area contributed by atoms with Crippen LogP contribution in [0.2, 0.25) is 10.3 Å². The lowest BCUT2D eigenvalue weighted by Crippen LogP contribution is -2.25. The van der Waals surface area contributed by atoms with Crippen LogP contribution in [0.3, 0.4) is 0 Å². The minimum atomic E-state index is -0.359. The van der Waals surface area contributed by atoms with Crippen molar-refractivity contribution in [3.05, 3.63) is 38.5 Å². The Hall–Kier alpha value is -2.03. The molecule has 108 valence electrons. The largest absolute Gasteiger partial charge is 0.490 e. The second-order valence-electron chi connectivity index (χ2n) is 4.15. The van der Waals surface area contributed by atoms with E-state index in [4.69, 9.17) is 34.4 Å². The van der Waals surface area contributed by atoms with Crippen LogP contribution in [-0.2, 0) is 6.54 Å². The van der Waals surface area contributed by atoms with Gasteiger partial charge in [0.25, 0.3) is 5.56 Å². The van der Waals surface area contributed by atoms with E-state index in [-0.39, 0.29) is 28.2 Å². The van der Waals surface area contributed by atoms with Gasteiger partial charge in [0.15, 0.2) is 0 Å². The summed E-state index contributed by atoms with van der Waals surface area (Å²) in [7, 11) is 1.41. The SMILES string of the molecule is C#CCn1c(-c2cc(Cl)nc(Cl)c2)nc(C)c(OC)c1=O. The number of ether oxygens (including phenoxy) is 1. The molecule has 0 bridgehead atoms. The molecule has 2 heterocycles. The first kappa shape index (κ1) is 15.4. The number of nitrogens with zero attached hydrogens (tertiary/aromatic N) is 3. The van der Waals surface area contributed by atoms with Gasteiger partial charge in [-0.15, -0.1) is 6.42 Å². The van der Waals surface area contributed by atoms with E-state index in [1.165, 1.54) is 11.7 Å². The molecule has 2 aromatic heterocycles. The van der Waals surface area contributed by atoms with Gasteiger partial charge in [0.05, 0.1) is 19.3 Å². The highest BCUT2D eigenvalue weighted by Gasteiger charge is 2.16. The Morgan fingerprint density at radius 3 is 2.48 bits per heavy atom. The van der Waals surface area contributed by atoms with Gasteiger partial charge in [-0.1, -0.05) is 29.1 Å². The normalized spacial score (nSPS) is 10.2. The van der Waals surface area contributed by atoms with Crippen LogP contribution in [-0.4, -0.2) is 21.6 Å². The number of methoxy groups -OCH3 is 1. The topological polar surface area (TPSA) is 57.0 Å². The van der Waals surface area contributed by atoms with Crippen LogP contribution in [0, 0.1) is 19.3 Å². The molecule has 7 heteroatoms. The standard InChI is InChI=1S/C14H11Cl2N3O2/c1-4-5-19-13(9-6-10(15)18-11(16)7-9)17-8(2)12(21-3)14(19)20/h1,6-7H,5H2,2-3H3. The minimum Gasteiger partial charge on any atom is -0.490 e. The minimum absolute atomic E-state index is 0.0510. The summed E-state index contributed by atoms with van der Waals surface area (Å²) in [5, 5.41) is 0.403. The van der Waals surface area contributed by atoms with Gasteiger partial charge in [0, 0.05) is 5.56 Å². The van der Waals surface area contributed by atoms with Gasteiger partial charge >= 0.3 is 0 Å². The molecule has 0 radical (unpaired) electrons. The maximum Gasteiger partial charge on any atom is 0.297 e. The number of hydrogen-bond acceptors (Lipinski definition) is 4. The molecule has 0 amide bonds. The predicted molar refractivity (Wildman–Crippen MR) is 81.9 cm³/mol. The van der Waals surface area contributed by atoms with Gasteiger partial charge < -0.3 is 4.74 Å². The Bertz CT molecular complexity index is 774. The molecular weight excluding hydrogens is 313 g/mol. The van der Waals surface area contributed by atoms with Gasteiger partial charge in [0.1, 0.15) is 16.1 Å². The number of halogens is 2. The molecule has 2 aromatic rings. The average Bonchev–Trinajstić information content (AvgIpc) is 2.41. The molecule has 0 aliphatic rings. The summed E-state index contributed by atoms with van der Waals surface area (Å²) >= 11 is 11.8. The van der Waals surface area contributed by atoms with Gasteiger partial charge in [-0.2, -0.15) is 0 Å². The summed E-state index contributed by atoms with van der Waals surface area (Å²) in [5.41, 5.74) is 0.648. The summed E-state index contributed by atoms with van der Waals surface area (Å²) < 4.78 is 6.40. The van der Waals surface area contributed by atoms with E-state index in [0.717, 1.165) is 0 Å². The summed E-state index contributed by atoms with van der Waals surface area (Å²) in [6.07, 6.45) is 5.32. The number of terminal acetylenes is 1. The van der Waals surface area contributed by atoms with Crippen molar-refractivity contribution in [2.75, 3.05) is 7.11 Å². The second kappa shape index (κ2) is 6.17. The number of aryl methyl sites for hydroxylation is 1. The van der Waals surface area contributed by atoms with E-state index < -0.39 is 0 Å². The first-order valence-electron chi connectivity index (χ1n) is 5.90. The average molecular weight is 324 g/mol. The highest BCUT2D eigenvalue weighted by molar-refractivity contribution is 6.32. The molecule has 0 N–H and O–H groups in total. The lowest BCUT2D eigenvalue weighted by Gasteiger charge is -2.13.